The quantitative estimate of drug-likeness (QED) is 0.864. The van der Waals surface area contributed by atoms with Crippen LogP contribution in [0.2, 0.25) is 0 Å². The summed E-state index contributed by atoms with van der Waals surface area (Å²) in [6.45, 7) is 9.93. The Morgan fingerprint density at radius 1 is 1.00 bits per heavy atom. The first-order valence-electron chi connectivity index (χ1n) is 8.13. The molecule has 0 bridgehead atoms. The molecule has 1 aliphatic rings. The van der Waals surface area contributed by atoms with E-state index in [1.165, 1.54) is 12.1 Å². The molecule has 0 aliphatic carbocycles. The van der Waals surface area contributed by atoms with Gasteiger partial charge in [0.1, 0.15) is 11.6 Å². The van der Waals surface area contributed by atoms with Gasteiger partial charge in [0.25, 0.3) is 0 Å². The average Bonchev–Trinajstić information content (AvgIpc) is 2.64. The second-order valence-electron chi connectivity index (χ2n) is 6.09. The van der Waals surface area contributed by atoms with E-state index in [1.54, 1.807) is 24.3 Å². The topological polar surface area (TPSA) is 31.1 Å². The van der Waals surface area contributed by atoms with Crippen LogP contribution in [-0.4, -0.2) is 36.2 Å². The SMILES string of the molecule is [C-]#[N+]c1ccc(N2CCN(Cc3ccc(CO)cc3F)CC2)c(F)c1. The second-order valence-corrected chi connectivity index (χ2v) is 6.09. The standard InChI is InChI=1S/C19H19F2N3O/c1-22-16-4-5-19(18(21)11-16)24-8-6-23(7-9-24)12-15-3-2-14(13-25)10-17(15)20/h2-5,10-11,25H,6-9,12-13H2. The molecule has 1 aliphatic heterocycles. The number of aliphatic hydroxyl groups is 1. The molecular weight excluding hydrogens is 324 g/mol. The zero-order chi connectivity index (χ0) is 17.8. The number of nitrogens with zero attached hydrogens (tertiary/aromatic N) is 3. The monoisotopic (exact) mass is 343 g/mol. The van der Waals surface area contributed by atoms with Gasteiger partial charge in [0, 0.05) is 38.3 Å². The van der Waals surface area contributed by atoms with Crippen LogP contribution in [0.15, 0.2) is 36.4 Å². The van der Waals surface area contributed by atoms with Crippen molar-refractivity contribution in [2.75, 3.05) is 31.1 Å². The van der Waals surface area contributed by atoms with Crippen LogP contribution < -0.4 is 4.90 Å². The van der Waals surface area contributed by atoms with E-state index in [-0.39, 0.29) is 18.2 Å². The molecule has 4 nitrogen and oxygen atoms in total. The Kier molecular flexibility index (Phi) is 5.27. The molecule has 0 atom stereocenters. The number of aliphatic hydroxyl groups excluding tert-OH is 1. The highest BCUT2D eigenvalue weighted by molar-refractivity contribution is 5.57. The van der Waals surface area contributed by atoms with Crippen LogP contribution in [0.4, 0.5) is 20.2 Å². The van der Waals surface area contributed by atoms with Gasteiger partial charge in [-0.25, -0.2) is 13.6 Å². The number of piperazine rings is 1. The normalized spacial score (nSPS) is 15.2. The van der Waals surface area contributed by atoms with Crippen molar-refractivity contribution in [1.29, 1.82) is 0 Å². The molecule has 0 aromatic heterocycles. The third-order valence-corrected chi connectivity index (χ3v) is 4.47. The van der Waals surface area contributed by atoms with E-state index < -0.39 is 0 Å². The molecule has 0 radical (unpaired) electrons. The molecule has 130 valence electrons. The van der Waals surface area contributed by atoms with Gasteiger partial charge in [-0.3, -0.25) is 4.90 Å². The van der Waals surface area contributed by atoms with Crippen LogP contribution >= 0.6 is 0 Å². The lowest BCUT2D eigenvalue weighted by Gasteiger charge is -2.36. The lowest BCUT2D eigenvalue weighted by molar-refractivity contribution is 0.245. The third kappa shape index (κ3) is 3.95. The van der Waals surface area contributed by atoms with Gasteiger partial charge in [-0.15, -0.1) is 0 Å². The number of anilines is 1. The number of hydrogen-bond acceptors (Lipinski definition) is 3. The molecule has 0 unspecified atom stereocenters. The van der Waals surface area contributed by atoms with Crippen LogP contribution in [0.3, 0.4) is 0 Å². The summed E-state index contributed by atoms with van der Waals surface area (Å²) in [4.78, 5) is 7.30. The number of halogens is 2. The zero-order valence-electron chi connectivity index (χ0n) is 13.8. The predicted molar refractivity (Wildman–Crippen MR) is 92.5 cm³/mol. The Bertz CT molecular complexity index is 796. The number of rotatable bonds is 4. The Morgan fingerprint density at radius 3 is 2.36 bits per heavy atom. The summed E-state index contributed by atoms with van der Waals surface area (Å²) in [7, 11) is 0. The summed E-state index contributed by atoms with van der Waals surface area (Å²) < 4.78 is 28.2. The maximum absolute atomic E-state index is 14.1. The minimum Gasteiger partial charge on any atom is -0.392 e. The molecule has 0 spiro atoms. The van der Waals surface area contributed by atoms with Crippen molar-refractivity contribution in [2.24, 2.45) is 0 Å². The van der Waals surface area contributed by atoms with Gasteiger partial charge in [-0.1, -0.05) is 18.2 Å². The molecule has 1 heterocycles. The molecular formula is C19H19F2N3O. The van der Waals surface area contributed by atoms with E-state index in [2.05, 4.69) is 9.74 Å². The first-order valence-corrected chi connectivity index (χ1v) is 8.13. The van der Waals surface area contributed by atoms with Crippen LogP contribution in [-0.2, 0) is 13.2 Å². The summed E-state index contributed by atoms with van der Waals surface area (Å²) in [5.74, 6) is -0.692. The minimum atomic E-state index is -0.382. The van der Waals surface area contributed by atoms with Crippen LogP contribution in [0.25, 0.3) is 4.85 Å². The summed E-state index contributed by atoms with van der Waals surface area (Å²) in [6.07, 6.45) is 0. The van der Waals surface area contributed by atoms with Crippen molar-refractivity contribution in [3.63, 3.8) is 0 Å². The Labute approximate surface area is 145 Å². The smallest absolute Gasteiger partial charge is 0.190 e. The largest absolute Gasteiger partial charge is 0.392 e. The highest BCUT2D eigenvalue weighted by atomic mass is 19.1. The lowest BCUT2D eigenvalue weighted by Crippen LogP contribution is -2.46. The molecule has 0 saturated carbocycles. The fraction of sp³-hybridized carbons (Fsp3) is 0.316. The molecule has 1 saturated heterocycles. The van der Waals surface area contributed by atoms with Crippen molar-refractivity contribution in [1.82, 2.24) is 4.90 Å². The van der Waals surface area contributed by atoms with E-state index >= 15 is 0 Å². The van der Waals surface area contributed by atoms with Crippen molar-refractivity contribution < 1.29 is 13.9 Å². The Morgan fingerprint density at radius 2 is 1.76 bits per heavy atom. The van der Waals surface area contributed by atoms with Crippen molar-refractivity contribution in [2.45, 2.75) is 13.2 Å². The van der Waals surface area contributed by atoms with Gasteiger partial charge in [0.05, 0.1) is 18.9 Å². The van der Waals surface area contributed by atoms with Gasteiger partial charge in [-0.2, -0.15) is 0 Å². The van der Waals surface area contributed by atoms with E-state index in [1.807, 2.05) is 4.90 Å². The fourth-order valence-electron chi connectivity index (χ4n) is 3.03. The molecule has 0 amide bonds. The Balaban J connectivity index is 1.61. The lowest BCUT2D eigenvalue weighted by atomic mass is 10.1. The van der Waals surface area contributed by atoms with Crippen LogP contribution in [0, 0.1) is 18.2 Å². The predicted octanol–water partition coefficient (Wildman–Crippen LogP) is 3.33. The van der Waals surface area contributed by atoms with Gasteiger partial charge in [-0.05, 0) is 23.8 Å². The highest BCUT2D eigenvalue weighted by Gasteiger charge is 2.20. The van der Waals surface area contributed by atoms with Crippen molar-refractivity contribution in [3.8, 4) is 0 Å². The van der Waals surface area contributed by atoms with Gasteiger partial charge >= 0.3 is 0 Å². The summed E-state index contributed by atoms with van der Waals surface area (Å²) in [6, 6.07) is 9.31. The van der Waals surface area contributed by atoms with Crippen molar-refractivity contribution in [3.05, 3.63) is 70.6 Å². The fourth-order valence-corrected chi connectivity index (χ4v) is 3.03. The first kappa shape index (κ1) is 17.3. The zero-order valence-corrected chi connectivity index (χ0v) is 13.8. The third-order valence-electron chi connectivity index (χ3n) is 4.47. The molecule has 25 heavy (non-hydrogen) atoms. The van der Waals surface area contributed by atoms with Crippen molar-refractivity contribution >= 4 is 11.4 Å². The second kappa shape index (κ2) is 7.60. The highest BCUT2D eigenvalue weighted by Crippen LogP contribution is 2.25. The maximum Gasteiger partial charge on any atom is 0.190 e. The molecule has 1 fully saturated rings. The average molecular weight is 343 g/mol. The van der Waals surface area contributed by atoms with Gasteiger partial charge in [0.2, 0.25) is 0 Å². The molecule has 1 N–H and O–H groups in total. The first-order chi connectivity index (χ1) is 12.1. The van der Waals surface area contributed by atoms with E-state index in [9.17, 15) is 8.78 Å². The number of benzene rings is 2. The maximum atomic E-state index is 14.1. The van der Waals surface area contributed by atoms with Gasteiger partial charge < -0.3 is 10.0 Å². The molecule has 2 aromatic carbocycles. The van der Waals surface area contributed by atoms with E-state index in [0.717, 1.165) is 0 Å². The summed E-state index contributed by atoms with van der Waals surface area (Å²) in [5.41, 5.74) is 1.95. The van der Waals surface area contributed by atoms with E-state index in [0.29, 0.717) is 55.2 Å². The Hall–Kier alpha value is -2.49. The number of hydrogen-bond donors (Lipinski definition) is 1. The van der Waals surface area contributed by atoms with Crippen LogP contribution in [0.5, 0.6) is 0 Å². The van der Waals surface area contributed by atoms with Crippen LogP contribution in [0.1, 0.15) is 11.1 Å². The summed E-state index contributed by atoms with van der Waals surface area (Å²) >= 11 is 0. The summed E-state index contributed by atoms with van der Waals surface area (Å²) in [5, 5.41) is 9.04. The minimum absolute atomic E-state index is 0.173. The van der Waals surface area contributed by atoms with E-state index in [4.69, 9.17) is 11.7 Å². The molecule has 6 heteroatoms. The molecule has 3 rings (SSSR count). The molecule has 2 aromatic rings. The van der Waals surface area contributed by atoms with Gasteiger partial charge in [0.15, 0.2) is 5.69 Å².